The first kappa shape index (κ1) is 13.9. The van der Waals surface area contributed by atoms with Gasteiger partial charge >= 0.3 is 7.12 Å². The number of amides is 2. The molecule has 19 heavy (non-hydrogen) atoms. The third-order valence-corrected chi connectivity index (χ3v) is 3.41. The number of carbonyl (C=O) groups excluding carboxylic acids is 2. The Morgan fingerprint density at radius 2 is 2.16 bits per heavy atom. The van der Waals surface area contributed by atoms with Crippen LogP contribution in [0.5, 0.6) is 0 Å². The number of primary amides is 1. The van der Waals surface area contributed by atoms with Crippen LogP contribution in [0.1, 0.15) is 6.42 Å². The summed E-state index contributed by atoms with van der Waals surface area (Å²) in [5.74, 6) is -1.35. The van der Waals surface area contributed by atoms with E-state index in [-0.39, 0.29) is 24.3 Å². The SMILES string of the molecule is NC(=O)C1CC(=O)N(c2cc(B(O)O)ccc2Cl)C1. The second-order valence-corrected chi connectivity index (χ2v) is 4.80. The number of hydrogen-bond donors (Lipinski definition) is 3. The van der Waals surface area contributed by atoms with Crippen LogP contribution in [0.3, 0.4) is 0 Å². The third kappa shape index (κ3) is 2.73. The lowest BCUT2D eigenvalue weighted by molar-refractivity contribution is -0.123. The quantitative estimate of drug-likeness (QED) is 0.609. The summed E-state index contributed by atoms with van der Waals surface area (Å²) in [6, 6.07) is 4.33. The van der Waals surface area contributed by atoms with Crippen LogP contribution in [0.25, 0.3) is 0 Å². The molecule has 1 aromatic carbocycles. The van der Waals surface area contributed by atoms with E-state index in [0.717, 1.165) is 0 Å². The molecule has 6 nitrogen and oxygen atoms in total. The van der Waals surface area contributed by atoms with Crippen molar-refractivity contribution < 1.29 is 19.6 Å². The number of hydrogen-bond acceptors (Lipinski definition) is 4. The van der Waals surface area contributed by atoms with Crippen LogP contribution in [-0.2, 0) is 9.59 Å². The molecule has 1 aliphatic rings. The van der Waals surface area contributed by atoms with Gasteiger partial charge in [-0.1, -0.05) is 17.7 Å². The maximum atomic E-state index is 11.9. The molecule has 0 bridgehead atoms. The van der Waals surface area contributed by atoms with Gasteiger partial charge in [0.15, 0.2) is 0 Å². The van der Waals surface area contributed by atoms with Gasteiger partial charge in [0, 0.05) is 13.0 Å². The van der Waals surface area contributed by atoms with Crippen LogP contribution in [0.2, 0.25) is 5.02 Å². The molecule has 1 aromatic rings. The molecule has 1 saturated heterocycles. The summed E-state index contributed by atoms with van der Waals surface area (Å²) in [6.07, 6.45) is 0.0393. The van der Waals surface area contributed by atoms with Crippen molar-refractivity contribution in [1.82, 2.24) is 0 Å². The molecule has 100 valence electrons. The minimum absolute atomic E-state index is 0.0393. The van der Waals surface area contributed by atoms with Gasteiger partial charge in [0.2, 0.25) is 11.8 Å². The molecule has 1 unspecified atom stereocenters. The van der Waals surface area contributed by atoms with Crippen molar-refractivity contribution in [2.45, 2.75) is 6.42 Å². The Balaban J connectivity index is 2.34. The molecule has 4 N–H and O–H groups in total. The number of halogens is 1. The van der Waals surface area contributed by atoms with Gasteiger partial charge in [0.25, 0.3) is 0 Å². The highest BCUT2D eigenvalue weighted by Crippen LogP contribution is 2.30. The van der Waals surface area contributed by atoms with Crippen molar-refractivity contribution in [3.05, 3.63) is 23.2 Å². The molecular formula is C11H12BClN2O4. The van der Waals surface area contributed by atoms with Crippen LogP contribution >= 0.6 is 11.6 Å². The summed E-state index contributed by atoms with van der Waals surface area (Å²) in [5.41, 5.74) is 5.75. The molecule has 0 saturated carbocycles. The summed E-state index contributed by atoms with van der Waals surface area (Å²) >= 11 is 6.00. The van der Waals surface area contributed by atoms with Gasteiger partial charge in [-0.2, -0.15) is 0 Å². The molecule has 0 radical (unpaired) electrons. The lowest BCUT2D eigenvalue weighted by atomic mass is 9.80. The molecule has 2 amide bonds. The van der Waals surface area contributed by atoms with Crippen molar-refractivity contribution >= 4 is 41.7 Å². The van der Waals surface area contributed by atoms with Crippen LogP contribution in [0, 0.1) is 5.92 Å². The summed E-state index contributed by atoms with van der Waals surface area (Å²) in [7, 11) is -1.65. The first-order valence-corrected chi connectivity index (χ1v) is 6.03. The zero-order valence-corrected chi connectivity index (χ0v) is 10.7. The average molecular weight is 282 g/mol. The number of carbonyl (C=O) groups is 2. The molecule has 1 heterocycles. The van der Waals surface area contributed by atoms with E-state index >= 15 is 0 Å². The summed E-state index contributed by atoms with van der Waals surface area (Å²) in [5, 5.41) is 18.5. The number of nitrogens with zero attached hydrogens (tertiary/aromatic N) is 1. The minimum Gasteiger partial charge on any atom is -0.423 e. The fourth-order valence-electron chi connectivity index (χ4n) is 2.03. The molecule has 8 heteroatoms. The largest absolute Gasteiger partial charge is 0.488 e. The monoisotopic (exact) mass is 282 g/mol. The fourth-order valence-corrected chi connectivity index (χ4v) is 2.25. The Hall–Kier alpha value is -1.57. The predicted molar refractivity (Wildman–Crippen MR) is 70.9 cm³/mol. The number of benzene rings is 1. The molecule has 1 fully saturated rings. The van der Waals surface area contributed by atoms with Gasteiger partial charge in [-0.25, -0.2) is 0 Å². The lowest BCUT2D eigenvalue weighted by Gasteiger charge is -2.18. The van der Waals surface area contributed by atoms with E-state index in [1.165, 1.54) is 23.1 Å². The van der Waals surface area contributed by atoms with E-state index in [0.29, 0.717) is 10.7 Å². The van der Waals surface area contributed by atoms with E-state index in [1.807, 2.05) is 0 Å². The highest BCUT2D eigenvalue weighted by Gasteiger charge is 2.35. The standard InChI is InChI=1S/C11H12BClN2O4/c13-8-2-1-7(12(18)19)4-9(8)15-5-6(11(14)17)3-10(15)16/h1-2,4,6,18-19H,3,5H2,(H2,14,17). The van der Waals surface area contributed by atoms with Gasteiger partial charge in [-0.05, 0) is 17.6 Å². The smallest absolute Gasteiger partial charge is 0.423 e. The molecule has 0 aromatic heterocycles. The maximum Gasteiger partial charge on any atom is 0.488 e. The Bertz CT molecular complexity index is 537. The second-order valence-electron chi connectivity index (χ2n) is 4.39. The van der Waals surface area contributed by atoms with Crippen molar-refractivity contribution in [1.29, 1.82) is 0 Å². The first-order valence-electron chi connectivity index (χ1n) is 5.65. The van der Waals surface area contributed by atoms with Crippen LogP contribution in [0.15, 0.2) is 18.2 Å². The summed E-state index contributed by atoms with van der Waals surface area (Å²) in [6.45, 7) is 0.152. The van der Waals surface area contributed by atoms with Crippen LogP contribution < -0.4 is 16.1 Å². The second kappa shape index (κ2) is 5.20. The lowest BCUT2D eigenvalue weighted by Crippen LogP contribution is -2.33. The summed E-state index contributed by atoms with van der Waals surface area (Å²) in [4.78, 5) is 24.3. The van der Waals surface area contributed by atoms with Gasteiger partial charge in [0.05, 0.1) is 16.6 Å². The van der Waals surface area contributed by atoms with E-state index in [4.69, 9.17) is 27.4 Å². The van der Waals surface area contributed by atoms with Gasteiger partial charge in [-0.15, -0.1) is 0 Å². The molecule has 1 aliphatic heterocycles. The highest BCUT2D eigenvalue weighted by molar-refractivity contribution is 6.59. The number of rotatable bonds is 3. The van der Waals surface area contributed by atoms with Gasteiger partial charge in [0.1, 0.15) is 0 Å². The molecule has 2 rings (SSSR count). The molecular weight excluding hydrogens is 270 g/mol. The Morgan fingerprint density at radius 3 is 2.68 bits per heavy atom. The zero-order chi connectivity index (χ0) is 14.2. The Morgan fingerprint density at radius 1 is 1.47 bits per heavy atom. The number of anilines is 1. The molecule has 0 aliphatic carbocycles. The van der Waals surface area contributed by atoms with Crippen molar-refractivity contribution in [2.75, 3.05) is 11.4 Å². The average Bonchev–Trinajstić information content (AvgIpc) is 2.72. The van der Waals surface area contributed by atoms with E-state index in [2.05, 4.69) is 0 Å². The van der Waals surface area contributed by atoms with Crippen molar-refractivity contribution in [3.8, 4) is 0 Å². The topological polar surface area (TPSA) is 104 Å². The van der Waals surface area contributed by atoms with E-state index in [1.54, 1.807) is 0 Å². The molecule has 0 spiro atoms. The van der Waals surface area contributed by atoms with Gasteiger partial charge in [-0.3, -0.25) is 9.59 Å². The zero-order valence-electron chi connectivity index (χ0n) is 9.91. The van der Waals surface area contributed by atoms with E-state index in [9.17, 15) is 9.59 Å². The van der Waals surface area contributed by atoms with Crippen LogP contribution in [0.4, 0.5) is 5.69 Å². The fraction of sp³-hybridized carbons (Fsp3) is 0.273. The van der Waals surface area contributed by atoms with Gasteiger partial charge < -0.3 is 20.7 Å². The minimum atomic E-state index is -1.65. The Kier molecular flexibility index (Phi) is 3.79. The predicted octanol–water partition coefficient (Wildman–Crippen LogP) is -1.14. The third-order valence-electron chi connectivity index (χ3n) is 3.09. The number of nitrogens with two attached hydrogens (primary N) is 1. The van der Waals surface area contributed by atoms with Crippen LogP contribution in [-0.4, -0.2) is 35.5 Å². The first-order chi connectivity index (χ1) is 8.90. The Labute approximate surface area is 114 Å². The normalized spacial score (nSPS) is 18.8. The summed E-state index contributed by atoms with van der Waals surface area (Å²) < 4.78 is 0. The van der Waals surface area contributed by atoms with Crippen molar-refractivity contribution in [2.24, 2.45) is 11.7 Å². The highest BCUT2D eigenvalue weighted by atomic mass is 35.5. The maximum absolute atomic E-state index is 11.9. The van der Waals surface area contributed by atoms with E-state index < -0.39 is 18.9 Å². The van der Waals surface area contributed by atoms with Crippen molar-refractivity contribution in [3.63, 3.8) is 0 Å². The molecule has 1 atom stereocenters.